The predicted octanol–water partition coefficient (Wildman–Crippen LogP) is 2.73. The Bertz CT molecular complexity index is 1000. The molecule has 146 valence electrons. The molecule has 2 rings (SSSR count). The topological polar surface area (TPSA) is 116 Å². The van der Waals surface area contributed by atoms with E-state index in [0.717, 1.165) is 24.3 Å². The molecule has 0 saturated carbocycles. The van der Waals surface area contributed by atoms with Gasteiger partial charge < -0.3 is 10.2 Å². The molecule has 0 spiro atoms. The molecule has 0 aliphatic carbocycles. The predicted molar refractivity (Wildman–Crippen MR) is 110 cm³/mol. The van der Waals surface area contributed by atoms with E-state index in [1.807, 2.05) is 30.3 Å². The standard InChI is InChI=1S/C20H22N4O3S/c1-3-24(4-2)18-9-5-15(6-10-18)13-16(14-21)20(25)23-17-7-11-19(12-8-17)28(22,26)27/h5-13H,3-4H2,1-2H3,(H,23,25)(H2,22,26,27)/b16-13-. The van der Waals surface area contributed by atoms with Crippen molar-refractivity contribution >= 4 is 33.4 Å². The molecule has 0 fully saturated rings. The summed E-state index contributed by atoms with van der Waals surface area (Å²) in [5, 5.41) is 16.9. The molecule has 7 nitrogen and oxygen atoms in total. The van der Waals surface area contributed by atoms with Gasteiger partial charge in [0.05, 0.1) is 4.90 Å². The van der Waals surface area contributed by atoms with E-state index >= 15 is 0 Å². The van der Waals surface area contributed by atoms with E-state index in [2.05, 4.69) is 24.1 Å². The highest BCUT2D eigenvalue weighted by molar-refractivity contribution is 7.89. The van der Waals surface area contributed by atoms with Crippen LogP contribution in [0.5, 0.6) is 0 Å². The molecule has 2 aromatic rings. The van der Waals surface area contributed by atoms with E-state index in [9.17, 15) is 18.5 Å². The summed E-state index contributed by atoms with van der Waals surface area (Å²) in [5.41, 5.74) is 2.09. The van der Waals surface area contributed by atoms with Gasteiger partial charge in [0.1, 0.15) is 11.6 Å². The van der Waals surface area contributed by atoms with Gasteiger partial charge in [-0.1, -0.05) is 12.1 Å². The number of sulfonamides is 1. The van der Waals surface area contributed by atoms with Crippen LogP contribution in [-0.4, -0.2) is 27.4 Å². The molecule has 3 N–H and O–H groups in total. The number of amides is 1. The van der Waals surface area contributed by atoms with Gasteiger partial charge in [-0.3, -0.25) is 4.79 Å². The number of carbonyl (C=O) groups excluding carboxylic acids is 1. The number of carbonyl (C=O) groups is 1. The Morgan fingerprint density at radius 2 is 1.68 bits per heavy atom. The molecule has 0 unspecified atom stereocenters. The fraction of sp³-hybridized carbons (Fsp3) is 0.200. The van der Waals surface area contributed by atoms with Gasteiger partial charge in [0.15, 0.2) is 0 Å². The highest BCUT2D eigenvalue weighted by Crippen LogP contribution is 2.18. The Kier molecular flexibility index (Phi) is 6.93. The van der Waals surface area contributed by atoms with Gasteiger partial charge in [-0.25, -0.2) is 13.6 Å². The van der Waals surface area contributed by atoms with Gasteiger partial charge in [0.2, 0.25) is 10.0 Å². The third kappa shape index (κ3) is 5.42. The summed E-state index contributed by atoms with van der Waals surface area (Å²) >= 11 is 0. The molecule has 8 heteroatoms. The monoisotopic (exact) mass is 398 g/mol. The lowest BCUT2D eigenvalue weighted by Crippen LogP contribution is -2.21. The Morgan fingerprint density at radius 3 is 2.14 bits per heavy atom. The quantitative estimate of drug-likeness (QED) is 0.549. The first-order valence-corrected chi connectivity index (χ1v) is 10.2. The maximum atomic E-state index is 12.3. The lowest BCUT2D eigenvalue weighted by atomic mass is 10.1. The summed E-state index contributed by atoms with van der Waals surface area (Å²) in [7, 11) is -3.80. The molecule has 0 atom stereocenters. The average molecular weight is 398 g/mol. The van der Waals surface area contributed by atoms with E-state index in [4.69, 9.17) is 5.14 Å². The number of nitriles is 1. The minimum atomic E-state index is -3.80. The second kappa shape index (κ2) is 9.17. The van der Waals surface area contributed by atoms with Crippen molar-refractivity contribution in [1.29, 1.82) is 5.26 Å². The van der Waals surface area contributed by atoms with Gasteiger partial charge in [-0.2, -0.15) is 5.26 Å². The molecule has 0 heterocycles. The number of nitrogens with two attached hydrogens (primary N) is 1. The number of anilines is 2. The van der Waals surface area contributed by atoms with Gasteiger partial charge in [-0.05, 0) is 61.9 Å². The van der Waals surface area contributed by atoms with Crippen molar-refractivity contribution in [2.24, 2.45) is 5.14 Å². The number of hydrogen-bond acceptors (Lipinski definition) is 5. The number of nitrogens with one attached hydrogen (secondary N) is 1. The second-order valence-corrected chi connectivity index (χ2v) is 7.52. The van der Waals surface area contributed by atoms with Gasteiger partial charge in [0.25, 0.3) is 5.91 Å². The third-order valence-corrected chi connectivity index (χ3v) is 5.07. The molecule has 0 aliphatic heterocycles. The van der Waals surface area contributed by atoms with E-state index in [0.29, 0.717) is 5.69 Å². The van der Waals surface area contributed by atoms with Crippen LogP contribution in [0.4, 0.5) is 11.4 Å². The lowest BCUT2D eigenvalue weighted by Gasteiger charge is -2.20. The number of nitrogens with zero attached hydrogens (tertiary/aromatic N) is 2. The van der Waals surface area contributed by atoms with Crippen molar-refractivity contribution in [3.63, 3.8) is 0 Å². The molecular weight excluding hydrogens is 376 g/mol. The van der Waals surface area contributed by atoms with Crippen LogP contribution >= 0.6 is 0 Å². The van der Waals surface area contributed by atoms with Gasteiger partial charge in [0, 0.05) is 24.5 Å². The lowest BCUT2D eigenvalue weighted by molar-refractivity contribution is -0.112. The van der Waals surface area contributed by atoms with Crippen molar-refractivity contribution in [1.82, 2.24) is 0 Å². The van der Waals surface area contributed by atoms with Crippen LogP contribution < -0.4 is 15.4 Å². The van der Waals surface area contributed by atoms with Crippen LogP contribution in [0, 0.1) is 11.3 Å². The maximum Gasteiger partial charge on any atom is 0.266 e. The van der Waals surface area contributed by atoms with E-state index in [1.165, 1.54) is 30.3 Å². The maximum absolute atomic E-state index is 12.3. The smallest absolute Gasteiger partial charge is 0.266 e. The summed E-state index contributed by atoms with van der Waals surface area (Å²) in [6, 6.07) is 14.9. The van der Waals surface area contributed by atoms with Crippen LogP contribution in [0.15, 0.2) is 59.0 Å². The first kappa shape index (κ1) is 21.2. The molecule has 0 aromatic heterocycles. The summed E-state index contributed by atoms with van der Waals surface area (Å²) in [4.78, 5) is 14.5. The molecular formula is C20H22N4O3S. The molecule has 0 bridgehead atoms. The zero-order chi connectivity index (χ0) is 20.7. The minimum absolute atomic E-state index is 0.0603. The van der Waals surface area contributed by atoms with Crippen LogP contribution in [0.2, 0.25) is 0 Å². The normalized spacial score (nSPS) is 11.6. The molecule has 0 saturated heterocycles. The zero-order valence-corrected chi connectivity index (χ0v) is 16.5. The van der Waals surface area contributed by atoms with Gasteiger partial charge in [-0.15, -0.1) is 0 Å². The minimum Gasteiger partial charge on any atom is -0.372 e. The highest BCUT2D eigenvalue weighted by atomic mass is 32.2. The highest BCUT2D eigenvalue weighted by Gasteiger charge is 2.11. The zero-order valence-electron chi connectivity index (χ0n) is 15.7. The molecule has 0 radical (unpaired) electrons. The molecule has 2 aromatic carbocycles. The third-order valence-electron chi connectivity index (χ3n) is 4.14. The summed E-state index contributed by atoms with van der Waals surface area (Å²) < 4.78 is 22.5. The molecule has 1 amide bonds. The van der Waals surface area contributed by atoms with E-state index < -0.39 is 15.9 Å². The number of benzene rings is 2. The Hall–Kier alpha value is -3.15. The number of rotatable bonds is 7. The van der Waals surface area contributed by atoms with Crippen molar-refractivity contribution in [3.8, 4) is 6.07 Å². The van der Waals surface area contributed by atoms with E-state index in [1.54, 1.807) is 0 Å². The number of primary sulfonamides is 1. The van der Waals surface area contributed by atoms with Gasteiger partial charge >= 0.3 is 0 Å². The van der Waals surface area contributed by atoms with Crippen LogP contribution in [-0.2, 0) is 14.8 Å². The van der Waals surface area contributed by atoms with Crippen molar-refractivity contribution in [3.05, 3.63) is 59.7 Å². The summed E-state index contributed by atoms with van der Waals surface area (Å²) in [6.07, 6.45) is 1.50. The van der Waals surface area contributed by atoms with Crippen molar-refractivity contribution in [2.45, 2.75) is 18.7 Å². The van der Waals surface area contributed by atoms with Crippen molar-refractivity contribution in [2.75, 3.05) is 23.3 Å². The first-order valence-electron chi connectivity index (χ1n) is 8.69. The summed E-state index contributed by atoms with van der Waals surface area (Å²) in [6.45, 7) is 5.93. The Labute approximate surface area is 165 Å². The Balaban J connectivity index is 2.16. The second-order valence-electron chi connectivity index (χ2n) is 5.96. The van der Waals surface area contributed by atoms with E-state index in [-0.39, 0.29) is 10.5 Å². The van der Waals surface area contributed by atoms with Crippen LogP contribution in [0.25, 0.3) is 6.08 Å². The fourth-order valence-corrected chi connectivity index (χ4v) is 3.13. The summed E-state index contributed by atoms with van der Waals surface area (Å²) in [5.74, 6) is -0.585. The van der Waals surface area contributed by atoms with Crippen LogP contribution in [0.1, 0.15) is 19.4 Å². The number of hydrogen-bond donors (Lipinski definition) is 2. The van der Waals surface area contributed by atoms with Crippen molar-refractivity contribution < 1.29 is 13.2 Å². The Morgan fingerprint density at radius 1 is 1.11 bits per heavy atom. The van der Waals surface area contributed by atoms with Crippen LogP contribution in [0.3, 0.4) is 0 Å². The largest absolute Gasteiger partial charge is 0.372 e. The molecule has 0 aliphatic rings. The first-order chi connectivity index (χ1) is 13.3. The average Bonchev–Trinajstić information content (AvgIpc) is 2.67. The fourth-order valence-electron chi connectivity index (χ4n) is 2.61. The SMILES string of the molecule is CCN(CC)c1ccc(/C=C(/C#N)C(=O)Nc2ccc(S(N)(=O)=O)cc2)cc1. The molecule has 28 heavy (non-hydrogen) atoms.